The molecule has 2 aliphatic rings. The van der Waals surface area contributed by atoms with Gasteiger partial charge in [0.2, 0.25) is 5.91 Å². The molecule has 0 unspecified atom stereocenters. The summed E-state index contributed by atoms with van der Waals surface area (Å²) in [6.07, 6.45) is -0.482. The summed E-state index contributed by atoms with van der Waals surface area (Å²) in [5.41, 5.74) is 1.76. The normalized spacial score (nSPS) is 25.7. The summed E-state index contributed by atoms with van der Waals surface area (Å²) in [4.78, 5) is 16.0. The smallest absolute Gasteiger partial charge is 0.231 e. The third-order valence-corrected chi connectivity index (χ3v) is 5.12. The van der Waals surface area contributed by atoms with Crippen molar-refractivity contribution in [3.05, 3.63) is 42.1 Å². The quantitative estimate of drug-likeness (QED) is 0.809. The molecule has 150 valence electrons. The fourth-order valence-corrected chi connectivity index (χ4v) is 3.32. The number of hydrogen-bond donors (Lipinski definition) is 2. The van der Waals surface area contributed by atoms with E-state index in [0.29, 0.717) is 30.1 Å². The molecular weight excluding hydrogens is 378 g/mol. The predicted molar refractivity (Wildman–Crippen MR) is 103 cm³/mol. The Hall–Kier alpha value is -3.05. The highest BCUT2D eigenvalue weighted by atomic mass is 19.1. The van der Waals surface area contributed by atoms with Crippen LogP contribution in [-0.2, 0) is 4.79 Å². The fraction of sp³-hybridized carbons (Fsp3) is 0.381. The molecule has 29 heavy (non-hydrogen) atoms. The summed E-state index contributed by atoms with van der Waals surface area (Å²) in [5, 5.41) is 15.1. The Morgan fingerprint density at radius 2 is 2.03 bits per heavy atom. The molecule has 0 bridgehead atoms. The summed E-state index contributed by atoms with van der Waals surface area (Å²) in [6.45, 7) is 0.904. The van der Waals surface area contributed by atoms with Gasteiger partial charge in [-0.05, 0) is 54.8 Å². The number of anilines is 1. The molecule has 0 spiro atoms. The van der Waals surface area contributed by atoms with Crippen LogP contribution in [0, 0.1) is 17.2 Å². The SMILES string of the molecule is N#Cc1cc(-c2ccnc(NC(=O)[C@@H]3C[C@H]3F)c2)ccc1O[C@H]1CCNC[C@H]1F. The molecular formula is C21H20F2N4O2. The number of aromatic nitrogens is 1. The Kier molecular flexibility index (Phi) is 5.41. The summed E-state index contributed by atoms with van der Waals surface area (Å²) < 4.78 is 32.8. The van der Waals surface area contributed by atoms with Gasteiger partial charge in [0.1, 0.15) is 36.1 Å². The third kappa shape index (κ3) is 4.35. The van der Waals surface area contributed by atoms with Gasteiger partial charge in [-0.25, -0.2) is 13.8 Å². The number of amides is 1. The fourth-order valence-electron chi connectivity index (χ4n) is 3.32. The van der Waals surface area contributed by atoms with E-state index in [0.717, 1.165) is 11.1 Å². The Morgan fingerprint density at radius 1 is 1.24 bits per heavy atom. The van der Waals surface area contributed by atoms with E-state index in [1.165, 1.54) is 6.20 Å². The second kappa shape index (κ2) is 8.13. The highest BCUT2D eigenvalue weighted by Crippen LogP contribution is 2.35. The minimum atomic E-state index is -1.13. The average molecular weight is 398 g/mol. The van der Waals surface area contributed by atoms with Gasteiger partial charge in [-0.1, -0.05) is 6.07 Å². The van der Waals surface area contributed by atoms with Gasteiger partial charge in [-0.2, -0.15) is 5.26 Å². The number of carbonyl (C=O) groups excluding carboxylic acids is 1. The standard InChI is InChI=1S/C21H20F2N4O2/c22-16-9-15(16)21(28)27-20-8-13(3-6-26-20)12-1-2-18(14(7-12)10-24)29-19-4-5-25-11-17(19)23/h1-3,6-8,15-17,19,25H,4-5,9,11H2,(H,26,27,28)/t15-,16-,17-,19+/m1/s1. The maximum absolute atomic E-state index is 14.0. The van der Waals surface area contributed by atoms with Crippen molar-refractivity contribution < 1.29 is 18.3 Å². The van der Waals surface area contributed by atoms with E-state index in [1.54, 1.807) is 30.3 Å². The first-order valence-electron chi connectivity index (χ1n) is 9.52. The van der Waals surface area contributed by atoms with Crippen LogP contribution in [0.5, 0.6) is 5.75 Å². The van der Waals surface area contributed by atoms with Gasteiger partial charge in [0.15, 0.2) is 0 Å². The van der Waals surface area contributed by atoms with Crippen molar-refractivity contribution in [2.45, 2.75) is 31.3 Å². The van der Waals surface area contributed by atoms with E-state index in [4.69, 9.17) is 4.74 Å². The predicted octanol–water partition coefficient (Wildman–Crippen LogP) is 3.00. The molecule has 1 amide bonds. The molecule has 1 aromatic heterocycles. The van der Waals surface area contributed by atoms with E-state index in [1.807, 2.05) is 0 Å². The van der Waals surface area contributed by atoms with Crippen LogP contribution in [0.1, 0.15) is 18.4 Å². The van der Waals surface area contributed by atoms with Gasteiger partial charge >= 0.3 is 0 Å². The lowest BCUT2D eigenvalue weighted by Gasteiger charge is -2.27. The van der Waals surface area contributed by atoms with Gasteiger partial charge < -0.3 is 15.4 Å². The number of alkyl halides is 2. The second-order valence-corrected chi connectivity index (χ2v) is 7.27. The molecule has 2 N–H and O–H groups in total. The van der Waals surface area contributed by atoms with Crippen LogP contribution in [-0.4, -0.2) is 42.4 Å². The van der Waals surface area contributed by atoms with Crippen molar-refractivity contribution in [1.29, 1.82) is 5.26 Å². The van der Waals surface area contributed by atoms with E-state index < -0.39 is 24.4 Å². The van der Waals surface area contributed by atoms with Crippen LogP contribution in [0.2, 0.25) is 0 Å². The molecule has 4 rings (SSSR count). The lowest BCUT2D eigenvalue weighted by Crippen LogP contribution is -2.44. The number of nitrogens with one attached hydrogen (secondary N) is 2. The highest BCUT2D eigenvalue weighted by molar-refractivity contribution is 5.94. The number of halogens is 2. The number of nitrogens with zero attached hydrogens (tertiary/aromatic N) is 2. The molecule has 4 atom stereocenters. The van der Waals surface area contributed by atoms with Gasteiger partial charge in [-0.15, -0.1) is 0 Å². The molecule has 1 saturated carbocycles. The van der Waals surface area contributed by atoms with Gasteiger partial charge in [0.05, 0.1) is 11.5 Å². The van der Waals surface area contributed by atoms with Crippen molar-refractivity contribution >= 4 is 11.7 Å². The van der Waals surface area contributed by atoms with Crippen LogP contribution >= 0.6 is 0 Å². The molecule has 2 fully saturated rings. The Balaban J connectivity index is 1.52. The average Bonchev–Trinajstić information content (AvgIpc) is 3.47. The monoisotopic (exact) mass is 398 g/mol. The Morgan fingerprint density at radius 3 is 2.76 bits per heavy atom. The van der Waals surface area contributed by atoms with E-state index in [-0.39, 0.29) is 18.9 Å². The second-order valence-electron chi connectivity index (χ2n) is 7.27. The van der Waals surface area contributed by atoms with Crippen LogP contribution in [0.25, 0.3) is 11.1 Å². The zero-order valence-corrected chi connectivity index (χ0v) is 15.6. The number of benzene rings is 1. The topological polar surface area (TPSA) is 87.0 Å². The molecule has 8 heteroatoms. The van der Waals surface area contributed by atoms with Gasteiger partial charge in [0.25, 0.3) is 0 Å². The molecule has 2 aromatic rings. The van der Waals surface area contributed by atoms with Crippen molar-refractivity contribution in [3.8, 4) is 22.9 Å². The molecule has 1 aromatic carbocycles. The lowest BCUT2D eigenvalue weighted by atomic mass is 10.0. The third-order valence-electron chi connectivity index (χ3n) is 5.12. The highest BCUT2D eigenvalue weighted by Gasteiger charge is 2.43. The summed E-state index contributed by atoms with van der Waals surface area (Å²) in [7, 11) is 0. The van der Waals surface area contributed by atoms with Crippen molar-refractivity contribution in [3.63, 3.8) is 0 Å². The van der Waals surface area contributed by atoms with Gasteiger partial charge in [-0.3, -0.25) is 4.79 Å². The number of hydrogen-bond acceptors (Lipinski definition) is 5. The molecule has 1 saturated heterocycles. The van der Waals surface area contributed by atoms with E-state index >= 15 is 0 Å². The Bertz CT molecular complexity index is 962. The van der Waals surface area contributed by atoms with Crippen molar-refractivity contribution in [2.75, 3.05) is 18.4 Å². The number of piperidine rings is 1. The maximum Gasteiger partial charge on any atom is 0.231 e. The van der Waals surface area contributed by atoms with Crippen LogP contribution in [0.4, 0.5) is 14.6 Å². The first kappa shape index (κ1) is 19.3. The maximum atomic E-state index is 14.0. The van der Waals surface area contributed by atoms with Crippen molar-refractivity contribution in [1.82, 2.24) is 10.3 Å². The zero-order valence-electron chi connectivity index (χ0n) is 15.6. The van der Waals surface area contributed by atoms with Crippen LogP contribution in [0.3, 0.4) is 0 Å². The molecule has 1 aliphatic heterocycles. The Labute approximate surface area is 166 Å². The summed E-state index contributed by atoms with van der Waals surface area (Å²) in [5.74, 6) is -0.320. The number of pyridine rings is 1. The van der Waals surface area contributed by atoms with Crippen molar-refractivity contribution in [2.24, 2.45) is 5.92 Å². The first-order chi connectivity index (χ1) is 14.0. The van der Waals surface area contributed by atoms with Crippen LogP contribution in [0.15, 0.2) is 36.5 Å². The van der Waals surface area contributed by atoms with Gasteiger partial charge in [0, 0.05) is 12.7 Å². The largest absolute Gasteiger partial charge is 0.486 e. The molecule has 6 nitrogen and oxygen atoms in total. The first-order valence-corrected chi connectivity index (χ1v) is 9.52. The number of rotatable bonds is 5. The molecule has 1 aliphatic carbocycles. The zero-order chi connectivity index (χ0) is 20.4. The van der Waals surface area contributed by atoms with Crippen LogP contribution < -0.4 is 15.4 Å². The lowest BCUT2D eigenvalue weighted by molar-refractivity contribution is -0.117. The minimum absolute atomic E-state index is 0.236. The minimum Gasteiger partial charge on any atom is -0.486 e. The number of ether oxygens (including phenoxy) is 1. The van der Waals surface area contributed by atoms with E-state index in [9.17, 15) is 18.8 Å². The molecule has 0 radical (unpaired) electrons. The number of carbonyl (C=O) groups is 1. The summed E-state index contributed by atoms with van der Waals surface area (Å²) >= 11 is 0. The summed E-state index contributed by atoms with van der Waals surface area (Å²) in [6, 6.07) is 10.6. The number of nitriles is 1. The molecule has 2 heterocycles. The van der Waals surface area contributed by atoms with E-state index in [2.05, 4.69) is 21.7 Å².